The standard InChI is InChI=1S/C29H32N2O7S/c1-17(2)31-15-22(32)16-36-25-14-13-24-26(29(25)38-39(34,35)23-11-9-21(30)10-12-23)19(4)28(37-24)27(33)20-7-5-18(3)6-8-20/h5-14,17,22,31-32H,15-16,30H2,1-4H3. The number of hydrogen-bond donors (Lipinski definition) is 3. The van der Waals surface area contributed by atoms with E-state index in [-0.39, 0.29) is 58.1 Å². The number of ether oxygens (including phenoxy) is 1. The summed E-state index contributed by atoms with van der Waals surface area (Å²) in [6.07, 6.45) is -0.867. The molecular formula is C29H32N2O7S. The number of aryl methyl sites for hydroxylation is 2. The first-order chi connectivity index (χ1) is 18.5. The zero-order valence-corrected chi connectivity index (χ0v) is 23.0. The second kappa shape index (κ2) is 11.5. The van der Waals surface area contributed by atoms with Gasteiger partial charge in [-0.05, 0) is 50.2 Å². The second-order valence-corrected chi connectivity index (χ2v) is 11.2. The largest absolute Gasteiger partial charge is 0.487 e. The Morgan fingerprint density at radius 1 is 1.03 bits per heavy atom. The van der Waals surface area contributed by atoms with E-state index in [1.165, 1.54) is 30.3 Å². The van der Waals surface area contributed by atoms with E-state index in [4.69, 9.17) is 19.1 Å². The van der Waals surface area contributed by atoms with Crippen LogP contribution in [0.15, 0.2) is 70.0 Å². The molecule has 1 aromatic heterocycles. The highest BCUT2D eigenvalue weighted by Crippen LogP contribution is 2.42. The summed E-state index contributed by atoms with van der Waals surface area (Å²) < 4.78 is 43.9. The summed E-state index contributed by atoms with van der Waals surface area (Å²) in [5.74, 6) is -0.364. The summed E-state index contributed by atoms with van der Waals surface area (Å²) in [6.45, 7) is 7.62. The minimum Gasteiger partial charge on any atom is -0.487 e. The molecule has 0 aliphatic carbocycles. The van der Waals surface area contributed by atoms with E-state index in [0.717, 1.165) is 5.56 Å². The Hall–Kier alpha value is -3.86. The Balaban J connectivity index is 1.77. The van der Waals surface area contributed by atoms with Crippen LogP contribution in [0.2, 0.25) is 0 Å². The fourth-order valence-electron chi connectivity index (χ4n) is 3.94. The molecule has 0 aliphatic heterocycles. The molecule has 1 unspecified atom stereocenters. The van der Waals surface area contributed by atoms with Gasteiger partial charge in [-0.2, -0.15) is 8.42 Å². The van der Waals surface area contributed by atoms with Crippen molar-refractivity contribution in [3.8, 4) is 11.5 Å². The Morgan fingerprint density at radius 2 is 1.69 bits per heavy atom. The monoisotopic (exact) mass is 552 g/mol. The van der Waals surface area contributed by atoms with E-state index >= 15 is 0 Å². The van der Waals surface area contributed by atoms with Crippen molar-refractivity contribution in [2.75, 3.05) is 18.9 Å². The number of nitrogens with two attached hydrogens (primary N) is 1. The van der Waals surface area contributed by atoms with Crippen LogP contribution in [-0.4, -0.2) is 44.6 Å². The van der Waals surface area contributed by atoms with Gasteiger partial charge in [-0.3, -0.25) is 4.79 Å². The molecule has 0 fully saturated rings. The molecule has 10 heteroatoms. The van der Waals surface area contributed by atoms with E-state index in [2.05, 4.69) is 5.32 Å². The predicted molar refractivity (Wildman–Crippen MR) is 149 cm³/mol. The van der Waals surface area contributed by atoms with Gasteiger partial charge in [0.25, 0.3) is 0 Å². The normalized spacial score (nSPS) is 12.6. The molecule has 3 aromatic carbocycles. The number of carbonyl (C=O) groups excluding carboxylic acids is 1. The average molecular weight is 553 g/mol. The van der Waals surface area contributed by atoms with Crippen LogP contribution in [0.1, 0.15) is 41.1 Å². The maximum absolute atomic E-state index is 13.3. The number of aliphatic hydroxyl groups is 1. The number of carbonyl (C=O) groups is 1. The molecule has 0 aliphatic rings. The fraction of sp³-hybridized carbons (Fsp3) is 0.276. The number of ketones is 1. The quantitative estimate of drug-likeness (QED) is 0.140. The van der Waals surface area contributed by atoms with Crippen LogP contribution in [0.3, 0.4) is 0 Å². The van der Waals surface area contributed by atoms with Crippen LogP contribution in [0.4, 0.5) is 5.69 Å². The first kappa shape index (κ1) is 28.2. The minimum atomic E-state index is -4.33. The molecule has 1 heterocycles. The van der Waals surface area contributed by atoms with Gasteiger partial charge in [-0.1, -0.05) is 43.7 Å². The third-order valence-electron chi connectivity index (χ3n) is 6.09. The maximum Gasteiger partial charge on any atom is 0.339 e. The van der Waals surface area contributed by atoms with Crippen molar-refractivity contribution < 1.29 is 31.7 Å². The van der Waals surface area contributed by atoms with Crippen molar-refractivity contribution in [3.05, 3.63) is 83.1 Å². The average Bonchev–Trinajstić information content (AvgIpc) is 3.23. The number of anilines is 1. The lowest BCUT2D eigenvalue weighted by atomic mass is 10.0. The molecule has 0 saturated heterocycles. The van der Waals surface area contributed by atoms with E-state index in [9.17, 15) is 18.3 Å². The zero-order valence-electron chi connectivity index (χ0n) is 22.2. The van der Waals surface area contributed by atoms with Gasteiger partial charge in [0.15, 0.2) is 17.3 Å². The number of nitrogen functional groups attached to an aromatic ring is 1. The predicted octanol–water partition coefficient (Wildman–Crippen LogP) is 4.37. The molecule has 0 amide bonds. The summed E-state index contributed by atoms with van der Waals surface area (Å²) in [5, 5.41) is 13.7. The van der Waals surface area contributed by atoms with Crippen molar-refractivity contribution in [1.82, 2.24) is 5.32 Å². The Bertz CT molecular complexity index is 1570. The SMILES string of the molecule is Cc1ccc(C(=O)c2oc3ccc(OCC(O)CNC(C)C)c(OS(=O)(=O)c4ccc(N)cc4)c3c2C)cc1. The molecule has 9 nitrogen and oxygen atoms in total. The lowest BCUT2D eigenvalue weighted by Crippen LogP contribution is -2.35. The summed E-state index contributed by atoms with van der Waals surface area (Å²) in [6, 6.07) is 15.9. The third kappa shape index (κ3) is 6.42. The minimum absolute atomic E-state index is 0.0573. The number of hydrogen-bond acceptors (Lipinski definition) is 9. The Kier molecular flexibility index (Phi) is 8.29. The number of nitrogens with one attached hydrogen (secondary N) is 1. The second-order valence-electron chi connectivity index (χ2n) is 9.65. The van der Waals surface area contributed by atoms with Gasteiger partial charge in [0.05, 0.1) is 5.39 Å². The summed E-state index contributed by atoms with van der Waals surface area (Å²) >= 11 is 0. The van der Waals surface area contributed by atoms with Crippen molar-refractivity contribution in [2.45, 2.75) is 44.7 Å². The first-order valence-corrected chi connectivity index (χ1v) is 13.9. The Labute approximate surface area is 227 Å². The molecule has 4 rings (SSSR count). The van der Waals surface area contributed by atoms with Crippen LogP contribution >= 0.6 is 0 Å². The van der Waals surface area contributed by atoms with Gasteiger partial charge in [0.1, 0.15) is 23.2 Å². The lowest BCUT2D eigenvalue weighted by Gasteiger charge is -2.17. The molecular weight excluding hydrogens is 520 g/mol. The van der Waals surface area contributed by atoms with Crippen molar-refractivity contribution in [3.63, 3.8) is 0 Å². The molecule has 4 aromatic rings. The highest BCUT2D eigenvalue weighted by Gasteiger charge is 2.28. The maximum atomic E-state index is 13.3. The van der Waals surface area contributed by atoms with Gasteiger partial charge >= 0.3 is 10.1 Å². The molecule has 1 atom stereocenters. The van der Waals surface area contributed by atoms with Crippen molar-refractivity contribution >= 4 is 32.6 Å². The van der Waals surface area contributed by atoms with Crippen molar-refractivity contribution in [2.24, 2.45) is 0 Å². The smallest absolute Gasteiger partial charge is 0.339 e. The Morgan fingerprint density at radius 3 is 2.33 bits per heavy atom. The van der Waals surface area contributed by atoms with Crippen LogP contribution < -0.4 is 20.0 Å². The van der Waals surface area contributed by atoms with Gasteiger partial charge in [-0.15, -0.1) is 0 Å². The highest BCUT2D eigenvalue weighted by atomic mass is 32.2. The molecule has 0 spiro atoms. The van der Waals surface area contributed by atoms with Crippen LogP contribution in [0.25, 0.3) is 11.0 Å². The number of rotatable bonds is 11. The van der Waals surface area contributed by atoms with E-state index < -0.39 is 16.2 Å². The molecule has 206 valence electrons. The lowest BCUT2D eigenvalue weighted by molar-refractivity contribution is 0.101. The van der Waals surface area contributed by atoms with Crippen LogP contribution in [-0.2, 0) is 10.1 Å². The third-order valence-corrected chi connectivity index (χ3v) is 7.32. The van der Waals surface area contributed by atoms with Crippen LogP contribution in [0, 0.1) is 13.8 Å². The number of furan rings is 1. The molecule has 0 bridgehead atoms. The summed E-state index contributed by atoms with van der Waals surface area (Å²) in [4.78, 5) is 13.2. The van der Waals surface area contributed by atoms with E-state index in [0.29, 0.717) is 16.8 Å². The molecule has 4 N–H and O–H groups in total. The van der Waals surface area contributed by atoms with Gasteiger partial charge < -0.3 is 29.5 Å². The van der Waals surface area contributed by atoms with E-state index in [1.54, 1.807) is 25.1 Å². The summed E-state index contributed by atoms with van der Waals surface area (Å²) in [7, 11) is -4.33. The number of fused-ring (bicyclic) bond motifs is 1. The number of aliphatic hydroxyl groups excluding tert-OH is 1. The summed E-state index contributed by atoms with van der Waals surface area (Å²) in [5.41, 5.74) is 8.18. The van der Waals surface area contributed by atoms with Crippen LogP contribution in [0.5, 0.6) is 11.5 Å². The highest BCUT2D eigenvalue weighted by molar-refractivity contribution is 7.87. The van der Waals surface area contributed by atoms with Gasteiger partial charge in [-0.25, -0.2) is 0 Å². The van der Waals surface area contributed by atoms with Gasteiger partial charge in [0, 0.05) is 29.4 Å². The number of benzene rings is 3. The first-order valence-electron chi connectivity index (χ1n) is 12.5. The molecule has 0 radical (unpaired) electrons. The molecule has 39 heavy (non-hydrogen) atoms. The van der Waals surface area contributed by atoms with E-state index in [1.807, 2.05) is 32.9 Å². The molecule has 0 saturated carbocycles. The zero-order chi connectivity index (χ0) is 28.3. The topological polar surface area (TPSA) is 141 Å². The van der Waals surface area contributed by atoms with Gasteiger partial charge in [0.2, 0.25) is 5.78 Å². The fourth-order valence-corrected chi connectivity index (χ4v) is 4.89. The van der Waals surface area contributed by atoms with Crippen molar-refractivity contribution in [1.29, 1.82) is 0 Å².